The molecule has 0 N–H and O–H groups in total. The molecule has 0 fully saturated rings. The summed E-state index contributed by atoms with van der Waals surface area (Å²) >= 11 is 0. The number of fused-ring (bicyclic) bond motifs is 11. The summed E-state index contributed by atoms with van der Waals surface area (Å²) in [7, 11) is 0. The lowest BCUT2D eigenvalue weighted by Gasteiger charge is -2.14. The van der Waals surface area contributed by atoms with Gasteiger partial charge in [-0.15, -0.1) is 0 Å². The van der Waals surface area contributed by atoms with Crippen molar-refractivity contribution in [2.75, 3.05) is 0 Å². The van der Waals surface area contributed by atoms with E-state index in [2.05, 4.69) is 156 Å². The summed E-state index contributed by atoms with van der Waals surface area (Å²) in [6.45, 7) is 0. The molecule has 0 aliphatic heterocycles. The predicted octanol–water partition coefficient (Wildman–Crippen LogP) is 11.6. The van der Waals surface area contributed by atoms with Gasteiger partial charge >= 0.3 is 0 Å². The van der Waals surface area contributed by atoms with Crippen LogP contribution in [-0.2, 0) is 0 Å². The smallest absolute Gasteiger partial charge is 0.0625 e. The zero-order valence-corrected chi connectivity index (χ0v) is 23.4. The first kappa shape index (κ1) is 23.0. The fourth-order valence-electron chi connectivity index (χ4n) is 7.77. The fraction of sp³-hybridized carbons (Fsp3) is 0. The van der Waals surface area contributed by atoms with Crippen LogP contribution >= 0.6 is 0 Å². The van der Waals surface area contributed by atoms with Gasteiger partial charge < -0.3 is 4.57 Å². The van der Waals surface area contributed by atoms with Crippen molar-refractivity contribution in [1.29, 1.82) is 0 Å². The second kappa shape index (κ2) is 8.44. The Balaban J connectivity index is 1.29. The monoisotopic (exact) mass is 543 g/mol. The molecule has 198 valence electrons. The molecule has 1 nitrogen and oxygen atoms in total. The number of hydrogen-bond donors (Lipinski definition) is 0. The molecule has 0 bridgehead atoms. The maximum Gasteiger partial charge on any atom is 0.0625 e. The lowest BCUT2D eigenvalue weighted by Crippen LogP contribution is -1.95. The van der Waals surface area contributed by atoms with E-state index < -0.39 is 0 Å². The summed E-state index contributed by atoms with van der Waals surface area (Å²) in [5, 5.41) is 10.4. The zero-order chi connectivity index (χ0) is 28.1. The highest BCUT2D eigenvalue weighted by molar-refractivity contribution is 6.32. The van der Waals surface area contributed by atoms with Crippen LogP contribution in [0.15, 0.2) is 152 Å². The fourth-order valence-corrected chi connectivity index (χ4v) is 7.77. The van der Waals surface area contributed by atoms with Crippen molar-refractivity contribution in [1.82, 2.24) is 4.57 Å². The molecule has 10 rings (SSSR count). The molecular formula is C42H25N. The summed E-state index contributed by atoms with van der Waals surface area (Å²) < 4.78 is 2.48. The van der Waals surface area contributed by atoms with Gasteiger partial charge in [0, 0.05) is 21.8 Å². The van der Waals surface area contributed by atoms with E-state index in [1.807, 2.05) is 0 Å². The van der Waals surface area contributed by atoms with Gasteiger partial charge in [-0.1, -0.05) is 133 Å². The van der Waals surface area contributed by atoms with E-state index in [9.17, 15) is 0 Å². The van der Waals surface area contributed by atoms with Crippen LogP contribution in [0.5, 0.6) is 0 Å². The van der Waals surface area contributed by atoms with Gasteiger partial charge in [-0.25, -0.2) is 0 Å². The molecule has 0 spiro atoms. The van der Waals surface area contributed by atoms with E-state index >= 15 is 0 Å². The quantitative estimate of drug-likeness (QED) is 0.191. The van der Waals surface area contributed by atoms with E-state index in [0.29, 0.717) is 0 Å². The first-order valence-corrected chi connectivity index (χ1v) is 15.0. The SMILES string of the molecule is c1cc(-c2ccc3c4c(cccc24)-c2ccccc2-3)cc(-n2c3ccccc3c3c4ccccc4c4ccccc4c32)c1. The van der Waals surface area contributed by atoms with Crippen molar-refractivity contribution >= 4 is 54.1 Å². The van der Waals surface area contributed by atoms with Gasteiger partial charge in [-0.05, 0) is 78.5 Å². The Kier molecular flexibility index (Phi) is 4.51. The van der Waals surface area contributed by atoms with E-state index in [0.717, 1.165) is 0 Å². The Morgan fingerprint density at radius 2 is 0.884 bits per heavy atom. The second-order valence-corrected chi connectivity index (χ2v) is 11.7. The maximum absolute atomic E-state index is 2.48. The van der Waals surface area contributed by atoms with Crippen molar-refractivity contribution < 1.29 is 0 Å². The molecule has 9 aromatic rings. The normalized spacial score (nSPS) is 12.2. The number of rotatable bonds is 2. The molecule has 0 saturated carbocycles. The van der Waals surface area contributed by atoms with E-state index in [-0.39, 0.29) is 0 Å². The average molecular weight is 544 g/mol. The molecule has 43 heavy (non-hydrogen) atoms. The molecule has 0 atom stereocenters. The van der Waals surface area contributed by atoms with E-state index in [1.165, 1.54) is 93.2 Å². The minimum atomic E-state index is 1.18. The molecule has 1 heteroatoms. The van der Waals surface area contributed by atoms with E-state index in [4.69, 9.17) is 0 Å². The third kappa shape index (κ3) is 3.01. The van der Waals surface area contributed by atoms with Gasteiger partial charge in [0.05, 0.1) is 11.0 Å². The van der Waals surface area contributed by atoms with Crippen LogP contribution in [0.2, 0.25) is 0 Å². The molecule has 0 unspecified atom stereocenters. The number of benzene rings is 8. The van der Waals surface area contributed by atoms with Gasteiger partial charge in [0.25, 0.3) is 0 Å². The first-order chi connectivity index (χ1) is 21.4. The van der Waals surface area contributed by atoms with Crippen molar-refractivity contribution in [2.45, 2.75) is 0 Å². The summed E-state index contributed by atoms with van der Waals surface area (Å²) in [5.41, 5.74) is 11.5. The summed E-state index contributed by atoms with van der Waals surface area (Å²) in [6, 6.07) is 55.9. The molecule has 1 aromatic heterocycles. The summed E-state index contributed by atoms with van der Waals surface area (Å²) in [5.74, 6) is 0. The highest BCUT2D eigenvalue weighted by Crippen LogP contribution is 2.49. The standard InChI is InChI=1S/C42H25N/c1-2-14-30-29(13-1)34-21-10-20-33-28(23-24-36(30)40(33)34)26-11-9-12-27(25-26)43-39-22-8-7-19-38(39)41-35-17-5-3-15-31(35)32-16-4-6-18-37(32)42(41)43/h1-25H. The van der Waals surface area contributed by atoms with Gasteiger partial charge in [-0.3, -0.25) is 0 Å². The third-order valence-corrected chi connectivity index (χ3v) is 9.51. The van der Waals surface area contributed by atoms with Crippen LogP contribution in [0, 0.1) is 0 Å². The largest absolute Gasteiger partial charge is 0.309 e. The zero-order valence-electron chi connectivity index (χ0n) is 23.4. The third-order valence-electron chi connectivity index (χ3n) is 9.51. The minimum absolute atomic E-state index is 1.18. The first-order valence-electron chi connectivity index (χ1n) is 15.0. The molecule has 1 aliphatic carbocycles. The van der Waals surface area contributed by atoms with Crippen LogP contribution in [0.1, 0.15) is 0 Å². The lowest BCUT2D eigenvalue weighted by atomic mass is 9.94. The Morgan fingerprint density at radius 3 is 1.70 bits per heavy atom. The predicted molar refractivity (Wildman–Crippen MR) is 183 cm³/mol. The van der Waals surface area contributed by atoms with Crippen LogP contribution in [-0.4, -0.2) is 4.57 Å². The second-order valence-electron chi connectivity index (χ2n) is 11.7. The number of hydrogen-bond acceptors (Lipinski definition) is 0. The van der Waals surface area contributed by atoms with Crippen molar-refractivity contribution in [3.05, 3.63) is 152 Å². The molecule has 0 saturated heterocycles. The molecular weight excluding hydrogens is 518 g/mol. The summed E-state index contributed by atoms with van der Waals surface area (Å²) in [6.07, 6.45) is 0. The number of para-hydroxylation sites is 1. The van der Waals surface area contributed by atoms with Crippen molar-refractivity contribution in [2.24, 2.45) is 0 Å². The van der Waals surface area contributed by atoms with Crippen LogP contribution in [0.3, 0.4) is 0 Å². The van der Waals surface area contributed by atoms with Gasteiger partial charge in [0.15, 0.2) is 0 Å². The van der Waals surface area contributed by atoms with Crippen molar-refractivity contribution in [3.63, 3.8) is 0 Å². The lowest BCUT2D eigenvalue weighted by molar-refractivity contribution is 1.19. The average Bonchev–Trinajstić information content (AvgIpc) is 3.60. The number of aromatic nitrogens is 1. The highest BCUT2D eigenvalue weighted by atomic mass is 15.0. The Hall–Kier alpha value is -5.66. The topological polar surface area (TPSA) is 4.93 Å². The minimum Gasteiger partial charge on any atom is -0.309 e. The maximum atomic E-state index is 2.48. The van der Waals surface area contributed by atoms with Crippen LogP contribution in [0.4, 0.5) is 0 Å². The Morgan fingerprint density at radius 1 is 0.326 bits per heavy atom. The van der Waals surface area contributed by atoms with Gasteiger partial charge in [-0.2, -0.15) is 0 Å². The van der Waals surface area contributed by atoms with Crippen molar-refractivity contribution in [3.8, 4) is 39.1 Å². The molecule has 0 amide bonds. The Bertz CT molecular complexity index is 2590. The highest BCUT2D eigenvalue weighted by Gasteiger charge is 2.23. The van der Waals surface area contributed by atoms with Gasteiger partial charge in [0.1, 0.15) is 0 Å². The molecule has 8 aromatic carbocycles. The summed E-state index contributed by atoms with van der Waals surface area (Å²) in [4.78, 5) is 0. The van der Waals surface area contributed by atoms with E-state index in [1.54, 1.807) is 0 Å². The van der Waals surface area contributed by atoms with Crippen LogP contribution < -0.4 is 0 Å². The van der Waals surface area contributed by atoms with Gasteiger partial charge in [0.2, 0.25) is 0 Å². The molecule has 1 heterocycles. The number of nitrogens with zero attached hydrogens (tertiary/aromatic N) is 1. The Labute approximate surface area is 248 Å². The molecule has 1 aliphatic rings. The molecule has 0 radical (unpaired) electrons. The van der Waals surface area contributed by atoms with Crippen LogP contribution in [0.25, 0.3) is 93.2 Å².